The number of anilines is 2. The van der Waals surface area contributed by atoms with Gasteiger partial charge in [-0.15, -0.1) is 0 Å². The molecule has 2 fully saturated rings. The van der Waals surface area contributed by atoms with E-state index in [-0.39, 0.29) is 11.9 Å². The summed E-state index contributed by atoms with van der Waals surface area (Å²) in [7, 11) is 0. The molecule has 0 saturated heterocycles. The third kappa shape index (κ3) is 3.03. The highest BCUT2D eigenvalue weighted by molar-refractivity contribution is 5.94. The Kier molecular flexibility index (Phi) is 3.99. The molecule has 0 radical (unpaired) electrons. The molecule has 5 rings (SSSR count). The van der Waals surface area contributed by atoms with Crippen LogP contribution >= 0.6 is 0 Å². The lowest BCUT2D eigenvalue weighted by Gasteiger charge is -2.46. The van der Waals surface area contributed by atoms with Gasteiger partial charge >= 0.3 is 0 Å². The highest BCUT2D eigenvalue weighted by Gasteiger charge is 2.47. The number of fused-ring (bicyclic) bond motifs is 1. The van der Waals surface area contributed by atoms with Crippen molar-refractivity contribution >= 4 is 17.3 Å². The number of para-hydroxylation sites is 1. The SMILES string of the molecule is CC(=O)N1c2ccccc2C(Nc2cccc(C3CC3)c2)C(C)[C@@H]1C1CC1. The Morgan fingerprint density at radius 1 is 1.04 bits per heavy atom. The molecular formula is C24H28N2O. The fourth-order valence-electron chi connectivity index (χ4n) is 4.99. The molecule has 3 nitrogen and oxygen atoms in total. The van der Waals surface area contributed by atoms with Gasteiger partial charge in [0, 0.05) is 30.3 Å². The number of benzene rings is 2. The summed E-state index contributed by atoms with van der Waals surface area (Å²) >= 11 is 0. The number of hydrogen-bond acceptors (Lipinski definition) is 2. The summed E-state index contributed by atoms with van der Waals surface area (Å²) < 4.78 is 0. The van der Waals surface area contributed by atoms with Gasteiger partial charge in [-0.2, -0.15) is 0 Å². The Labute approximate surface area is 161 Å². The quantitative estimate of drug-likeness (QED) is 0.781. The van der Waals surface area contributed by atoms with Crippen molar-refractivity contribution < 1.29 is 4.79 Å². The van der Waals surface area contributed by atoms with E-state index >= 15 is 0 Å². The largest absolute Gasteiger partial charge is 0.378 e. The van der Waals surface area contributed by atoms with Crippen LogP contribution in [0.1, 0.15) is 62.6 Å². The van der Waals surface area contributed by atoms with Gasteiger partial charge in [0.15, 0.2) is 0 Å². The molecule has 1 amide bonds. The summed E-state index contributed by atoms with van der Waals surface area (Å²) in [5.41, 5.74) is 5.00. The molecule has 1 N–H and O–H groups in total. The maximum Gasteiger partial charge on any atom is 0.224 e. The number of hydrogen-bond donors (Lipinski definition) is 1. The average Bonchev–Trinajstić information content (AvgIpc) is 3.56. The summed E-state index contributed by atoms with van der Waals surface area (Å²) in [6, 6.07) is 17.9. The van der Waals surface area contributed by atoms with E-state index in [1.165, 1.54) is 42.5 Å². The number of nitrogens with zero attached hydrogens (tertiary/aromatic N) is 1. The van der Waals surface area contributed by atoms with E-state index in [1.807, 2.05) is 0 Å². The maximum absolute atomic E-state index is 12.5. The Balaban J connectivity index is 1.53. The van der Waals surface area contributed by atoms with Crippen LogP contribution in [0.2, 0.25) is 0 Å². The van der Waals surface area contributed by atoms with E-state index in [2.05, 4.69) is 65.7 Å². The van der Waals surface area contributed by atoms with Gasteiger partial charge < -0.3 is 10.2 Å². The van der Waals surface area contributed by atoms with Crippen LogP contribution in [0.3, 0.4) is 0 Å². The van der Waals surface area contributed by atoms with Crippen LogP contribution in [0, 0.1) is 11.8 Å². The van der Waals surface area contributed by atoms with Gasteiger partial charge in [-0.3, -0.25) is 4.79 Å². The predicted octanol–water partition coefficient (Wildman–Crippen LogP) is 5.50. The summed E-state index contributed by atoms with van der Waals surface area (Å²) in [6.07, 6.45) is 5.13. The van der Waals surface area contributed by atoms with Crippen molar-refractivity contribution in [3.8, 4) is 0 Å². The van der Waals surface area contributed by atoms with Crippen LogP contribution in [0.5, 0.6) is 0 Å². The van der Waals surface area contributed by atoms with E-state index < -0.39 is 0 Å². The molecule has 140 valence electrons. The topological polar surface area (TPSA) is 32.3 Å². The summed E-state index contributed by atoms with van der Waals surface area (Å²) in [6.45, 7) is 4.03. The molecule has 3 atom stereocenters. The number of carbonyl (C=O) groups excluding carboxylic acids is 1. The van der Waals surface area contributed by atoms with Crippen LogP contribution in [0.4, 0.5) is 11.4 Å². The highest BCUT2D eigenvalue weighted by atomic mass is 16.2. The first-order valence-electron chi connectivity index (χ1n) is 10.4. The van der Waals surface area contributed by atoms with Gasteiger partial charge in [-0.05, 0) is 66.8 Å². The monoisotopic (exact) mass is 360 g/mol. The zero-order valence-corrected chi connectivity index (χ0v) is 16.2. The third-order valence-electron chi connectivity index (χ3n) is 6.60. The van der Waals surface area contributed by atoms with E-state index in [1.54, 1.807) is 6.92 Å². The summed E-state index contributed by atoms with van der Waals surface area (Å²) in [4.78, 5) is 14.6. The van der Waals surface area contributed by atoms with Crippen molar-refractivity contribution in [3.63, 3.8) is 0 Å². The molecule has 0 aromatic heterocycles. The van der Waals surface area contributed by atoms with Crippen molar-refractivity contribution in [2.24, 2.45) is 11.8 Å². The fraction of sp³-hybridized carbons (Fsp3) is 0.458. The standard InChI is InChI=1S/C24H28N2O/c1-15-23(25-20-7-5-6-19(14-20)17-10-11-17)21-8-3-4-9-22(21)26(16(2)27)24(15)18-12-13-18/h3-9,14-15,17-18,23-25H,10-13H2,1-2H3/t15?,23?,24-/m1/s1. The fourth-order valence-corrected chi connectivity index (χ4v) is 4.99. The van der Waals surface area contributed by atoms with E-state index in [0.717, 1.165) is 11.6 Å². The van der Waals surface area contributed by atoms with Crippen molar-refractivity contribution in [2.45, 2.75) is 57.5 Å². The van der Waals surface area contributed by atoms with Gasteiger partial charge in [-0.25, -0.2) is 0 Å². The second-order valence-electron chi connectivity index (χ2n) is 8.66. The molecule has 2 aromatic carbocycles. The summed E-state index contributed by atoms with van der Waals surface area (Å²) in [5.74, 6) is 1.94. The zero-order chi connectivity index (χ0) is 18.5. The average molecular weight is 361 g/mol. The first-order chi connectivity index (χ1) is 13.1. The minimum atomic E-state index is 0.167. The Bertz CT molecular complexity index is 868. The Morgan fingerprint density at radius 3 is 2.52 bits per heavy atom. The molecule has 1 aliphatic heterocycles. The summed E-state index contributed by atoms with van der Waals surface area (Å²) in [5, 5.41) is 3.84. The Hall–Kier alpha value is -2.29. The number of carbonyl (C=O) groups is 1. The second kappa shape index (κ2) is 6.40. The Morgan fingerprint density at radius 2 is 1.81 bits per heavy atom. The predicted molar refractivity (Wildman–Crippen MR) is 110 cm³/mol. The molecule has 3 aliphatic rings. The molecule has 2 unspecified atom stereocenters. The molecule has 27 heavy (non-hydrogen) atoms. The van der Waals surface area contributed by atoms with Crippen molar-refractivity contribution in [1.29, 1.82) is 0 Å². The minimum Gasteiger partial charge on any atom is -0.378 e. The third-order valence-corrected chi connectivity index (χ3v) is 6.60. The van der Waals surface area contributed by atoms with Crippen LogP contribution < -0.4 is 10.2 Å². The molecular weight excluding hydrogens is 332 g/mol. The van der Waals surface area contributed by atoms with Crippen LogP contribution in [-0.4, -0.2) is 11.9 Å². The number of amides is 1. The smallest absolute Gasteiger partial charge is 0.224 e. The molecule has 3 heteroatoms. The van der Waals surface area contributed by atoms with E-state index in [9.17, 15) is 4.79 Å². The highest BCUT2D eigenvalue weighted by Crippen LogP contribution is 2.50. The molecule has 2 saturated carbocycles. The molecule has 2 aliphatic carbocycles. The minimum absolute atomic E-state index is 0.167. The number of rotatable bonds is 4. The maximum atomic E-state index is 12.5. The van der Waals surface area contributed by atoms with Crippen molar-refractivity contribution in [1.82, 2.24) is 0 Å². The van der Waals surface area contributed by atoms with Crippen LogP contribution in [0.25, 0.3) is 0 Å². The van der Waals surface area contributed by atoms with Crippen molar-refractivity contribution in [2.75, 3.05) is 10.2 Å². The van der Waals surface area contributed by atoms with Crippen LogP contribution in [-0.2, 0) is 4.79 Å². The van der Waals surface area contributed by atoms with Gasteiger partial charge in [0.1, 0.15) is 0 Å². The normalized spacial score (nSPS) is 27.2. The lowest BCUT2D eigenvalue weighted by Crippen LogP contribution is -2.51. The van der Waals surface area contributed by atoms with E-state index in [0.29, 0.717) is 17.9 Å². The van der Waals surface area contributed by atoms with Crippen molar-refractivity contribution in [3.05, 3.63) is 59.7 Å². The molecule has 0 spiro atoms. The first-order valence-corrected chi connectivity index (χ1v) is 10.4. The lowest BCUT2D eigenvalue weighted by atomic mass is 9.80. The first kappa shape index (κ1) is 16.9. The van der Waals surface area contributed by atoms with Gasteiger partial charge in [0.25, 0.3) is 0 Å². The lowest BCUT2D eigenvalue weighted by molar-refractivity contribution is -0.117. The molecule has 1 heterocycles. The van der Waals surface area contributed by atoms with E-state index in [4.69, 9.17) is 0 Å². The van der Waals surface area contributed by atoms with Gasteiger partial charge in [-0.1, -0.05) is 37.3 Å². The second-order valence-corrected chi connectivity index (χ2v) is 8.66. The van der Waals surface area contributed by atoms with Crippen LogP contribution in [0.15, 0.2) is 48.5 Å². The number of nitrogens with one attached hydrogen (secondary N) is 1. The zero-order valence-electron chi connectivity index (χ0n) is 16.2. The molecule has 0 bridgehead atoms. The molecule has 2 aromatic rings. The van der Waals surface area contributed by atoms with Gasteiger partial charge in [0.05, 0.1) is 6.04 Å². The van der Waals surface area contributed by atoms with Gasteiger partial charge in [0.2, 0.25) is 5.91 Å².